The second kappa shape index (κ2) is 4.82. The van der Waals surface area contributed by atoms with Crippen molar-refractivity contribution in [1.82, 2.24) is 0 Å². The van der Waals surface area contributed by atoms with Gasteiger partial charge < -0.3 is 5.32 Å². The maximum atomic E-state index is 13.7. The number of nitrogens with one attached hydrogen (secondary N) is 1. The first-order valence-electron chi connectivity index (χ1n) is 5.67. The van der Waals surface area contributed by atoms with E-state index in [1.807, 2.05) is 12.1 Å². The summed E-state index contributed by atoms with van der Waals surface area (Å²) in [5.74, 6) is 0.638. The number of hydrogen-bond donors (Lipinski definition) is 1. The summed E-state index contributed by atoms with van der Waals surface area (Å²) in [6, 6.07) is 12.9. The monoisotopic (exact) mass is 279 g/mol. The fourth-order valence-corrected chi connectivity index (χ4v) is 3.41. The molecular weight excluding hydrogens is 269 g/mol. The fourth-order valence-electron chi connectivity index (χ4n) is 2.08. The van der Waals surface area contributed by atoms with Crippen LogP contribution in [0.5, 0.6) is 0 Å². The van der Waals surface area contributed by atoms with Crippen molar-refractivity contribution in [3.05, 3.63) is 58.9 Å². The molecule has 0 amide bonds. The van der Waals surface area contributed by atoms with E-state index in [0.29, 0.717) is 10.7 Å². The van der Waals surface area contributed by atoms with Crippen LogP contribution in [0.15, 0.2) is 47.4 Å². The summed E-state index contributed by atoms with van der Waals surface area (Å²) in [6.45, 7) is 0. The molecule has 0 bridgehead atoms. The lowest BCUT2D eigenvalue weighted by molar-refractivity contribution is 0.628. The zero-order valence-electron chi connectivity index (χ0n) is 9.49. The largest absolute Gasteiger partial charge is 0.375 e. The lowest BCUT2D eigenvalue weighted by Gasteiger charge is -2.15. The molecule has 92 valence electrons. The highest BCUT2D eigenvalue weighted by Crippen LogP contribution is 2.40. The average molecular weight is 280 g/mol. The van der Waals surface area contributed by atoms with Crippen molar-refractivity contribution in [1.29, 1.82) is 0 Å². The Morgan fingerprint density at radius 1 is 1.22 bits per heavy atom. The second-order valence-corrected chi connectivity index (χ2v) is 5.67. The summed E-state index contributed by atoms with van der Waals surface area (Å²) in [6.07, 6.45) is 0. The van der Waals surface area contributed by atoms with Gasteiger partial charge in [-0.3, -0.25) is 0 Å². The first-order valence-corrected chi connectivity index (χ1v) is 7.04. The fraction of sp³-hybridized carbons (Fsp3) is 0.143. The van der Waals surface area contributed by atoms with Gasteiger partial charge in [-0.15, -0.1) is 11.8 Å². The lowest BCUT2D eigenvalue weighted by Crippen LogP contribution is -2.10. The maximum Gasteiger partial charge on any atom is 0.146 e. The SMILES string of the molecule is Fc1ccc(Cl)cc1NC1CSc2ccccc21. The number of halogens is 2. The van der Waals surface area contributed by atoms with Crippen molar-refractivity contribution in [2.75, 3.05) is 11.1 Å². The maximum absolute atomic E-state index is 13.7. The molecule has 1 aliphatic rings. The third-order valence-corrected chi connectivity index (χ3v) is 4.38. The highest BCUT2D eigenvalue weighted by molar-refractivity contribution is 7.99. The minimum Gasteiger partial charge on any atom is -0.375 e. The Morgan fingerprint density at radius 3 is 2.94 bits per heavy atom. The minimum atomic E-state index is -0.270. The Hall–Kier alpha value is -1.19. The van der Waals surface area contributed by atoms with E-state index in [9.17, 15) is 4.39 Å². The number of anilines is 1. The average Bonchev–Trinajstić information content (AvgIpc) is 2.78. The van der Waals surface area contributed by atoms with Crippen LogP contribution in [0, 0.1) is 5.82 Å². The van der Waals surface area contributed by atoms with E-state index in [4.69, 9.17) is 11.6 Å². The van der Waals surface area contributed by atoms with Gasteiger partial charge >= 0.3 is 0 Å². The third-order valence-electron chi connectivity index (χ3n) is 2.96. The quantitative estimate of drug-likeness (QED) is 0.852. The molecule has 1 atom stereocenters. The Bertz CT molecular complexity index is 588. The van der Waals surface area contributed by atoms with Gasteiger partial charge in [-0.25, -0.2) is 4.39 Å². The highest BCUT2D eigenvalue weighted by Gasteiger charge is 2.23. The first-order chi connectivity index (χ1) is 8.74. The lowest BCUT2D eigenvalue weighted by atomic mass is 10.1. The topological polar surface area (TPSA) is 12.0 Å². The summed E-state index contributed by atoms with van der Waals surface area (Å²) in [4.78, 5) is 1.26. The van der Waals surface area contributed by atoms with Crippen LogP contribution in [0.4, 0.5) is 10.1 Å². The summed E-state index contributed by atoms with van der Waals surface area (Å²) >= 11 is 7.68. The molecule has 0 saturated heterocycles. The number of benzene rings is 2. The second-order valence-electron chi connectivity index (χ2n) is 4.17. The summed E-state index contributed by atoms with van der Waals surface area (Å²) < 4.78 is 13.7. The molecule has 0 fully saturated rings. The molecule has 2 aromatic carbocycles. The molecule has 0 aliphatic carbocycles. The van der Waals surface area contributed by atoms with Crippen LogP contribution in [0.25, 0.3) is 0 Å². The van der Waals surface area contributed by atoms with Crippen LogP contribution in [0.3, 0.4) is 0 Å². The number of fused-ring (bicyclic) bond motifs is 1. The van der Waals surface area contributed by atoms with Gasteiger partial charge in [0.05, 0.1) is 11.7 Å². The molecule has 3 rings (SSSR count). The Kier molecular flexibility index (Phi) is 3.18. The molecule has 4 heteroatoms. The van der Waals surface area contributed by atoms with Gasteiger partial charge in [0.2, 0.25) is 0 Å². The van der Waals surface area contributed by atoms with Gasteiger partial charge in [0.25, 0.3) is 0 Å². The standard InChI is InChI=1S/C14H11ClFNS/c15-9-5-6-11(16)12(7-9)17-13-8-18-14-4-2-1-3-10(13)14/h1-7,13,17H,8H2. The van der Waals surface area contributed by atoms with E-state index < -0.39 is 0 Å². The first kappa shape index (κ1) is 11.9. The minimum absolute atomic E-state index is 0.138. The van der Waals surface area contributed by atoms with Crippen LogP contribution in [-0.2, 0) is 0 Å². The van der Waals surface area contributed by atoms with Crippen LogP contribution in [0.2, 0.25) is 5.02 Å². The van der Waals surface area contributed by atoms with Crippen LogP contribution in [-0.4, -0.2) is 5.75 Å². The smallest absolute Gasteiger partial charge is 0.146 e. The normalized spacial score (nSPS) is 17.6. The summed E-state index contributed by atoms with van der Waals surface area (Å²) in [7, 11) is 0. The van der Waals surface area contributed by atoms with Crippen molar-refractivity contribution < 1.29 is 4.39 Å². The Morgan fingerprint density at radius 2 is 2.06 bits per heavy atom. The highest BCUT2D eigenvalue weighted by atomic mass is 35.5. The van der Waals surface area contributed by atoms with Crippen LogP contribution in [0.1, 0.15) is 11.6 Å². The predicted octanol–water partition coefficient (Wildman–Crippen LogP) is 4.74. The van der Waals surface area contributed by atoms with Gasteiger partial charge in [0.1, 0.15) is 5.82 Å². The van der Waals surface area contributed by atoms with E-state index in [2.05, 4.69) is 17.4 Å². The van der Waals surface area contributed by atoms with Gasteiger partial charge in [-0.05, 0) is 29.8 Å². The molecule has 1 N–H and O–H groups in total. The van der Waals surface area contributed by atoms with Crippen LogP contribution >= 0.6 is 23.4 Å². The van der Waals surface area contributed by atoms with Gasteiger partial charge in [0.15, 0.2) is 0 Å². The molecule has 1 heterocycles. The molecule has 0 saturated carbocycles. The molecule has 0 aromatic heterocycles. The van der Waals surface area contributed by atoms with E-state index >= 15 is 0 Å². The summed E-state index contributed by atoms with van der Waals surface area (Å²) in [5.41, 5.74) is 1.69. The van der Waals surface area contributed by atoms with Gasteiger partial charge in [-0.1, -0.05) is 29.8 Å². The van der Waals surface area contributed by atoms with Crippen molar-refractivity contribution >= 4 is 29.1 Å². The molecular formula is C14H11ClFNS. The van der Waals surface area contributed by atoms with Crippen molar-refractivity contribution in [2.45, 2.75) is 10.9 Å². The van der Waals surface area contributed by atoms with Gasteiger partial charge in [0, 0.05) is 15.7 Å². The van der Waals surface area contributed by atoms with E-state index in [1.54, 1.807) is 23.9 Å². The molecule has 0 spiro atoms. The Balaban J connectivity index is 1.88. The molecule has 18 heavy (non-hydrogen) atoms. The number of rotatable bonds is 2. The van der Waals surface area contributed by atoms with Crippen molar-refractivity contribution in [3.8, 4) is 0 Å². The molecule has 0 radical (unpaired) electrons. The molecule has 1 unspecified atom stereocenters. The number of hydrogen-bond acceptors (Lipinski definition) is 2. The van der Waals surface area contributed by atoms with Crippen molar-refractivity contribution in [2.24, 2.45) is 0 Å². The van der Waals surface area contributed by atoms with E-state index in [1.165, 1.54) is 16.5 Å². The number of thioether (sulfide) groups is 1. The predicted molar refractivity (Wildman–Crippen MR) is 74.9 cm³/mol. The van der Waals surface area contributed by atoms with E-state index in [0.717, 1.165) is 5.75 Å². The van der Waals surface area contributed by atoms with Gasteiger partial charge in [-0.2, -0.15) is 0 Å². The Labute approximate surface area is 114 Å². The molecule has 1 aliphatic heterocycles. The zero-order chi connectivity index (χ0) is 12.5. The van der Waals surface area contributed by atoms with Crippen LogP contribution < -0.4 is 5.32 Å². The summed E-state index contributed by atoms with van der Waals surface area (Å²) in [5, 5.41) is 3.77. The third kappa shape index (κ3) is 2.20. The van der Waals surface area contributed by atoms with E-state index in [-0.39, 0.29) is 11.9 Å². The zero-order valence-corrected chi connectivity index (χ0v) is 11.1. The van der Waals surface area contributed by atoms with Crippen molar-refractivity contribution in [3.63, 3.8) is 0 Å². The molecule has 2 aromatic rings. The molecule has 1 nitrogen and oxygen atoms in total.